The van der Waals surface area contributed by atoms with E-state index in [0.717, 1.165) is 36.2 Å². The third kappa shape index (κ3) is 3.83. The normalized spacial score (nSPS) is 31.1. The first-order chi connectivity index (χ1) is 8.95. The van der Waals surface area contributed by atoms with E-state index < -0.39 is 0 Å². The Kier molecular flexibility index (Phi) is 4.69. The summed E-state index contributed by atoms with van der Waals surface area (Å²) in [6, 6.07) is 3.90. The lowest BCUT2D eigenvalue weighted by molar-refractivity contribution is -0.0667. The summed E-state index contributed by atoms with van der Waals surface area (Å²) < 4.78 is 12.0. The highest BCUT2D eigenvalue weighted by Crippen LogP contribution is 2.34. The molecule has 1 aliphatic carbocycles. The van der Waals surface area contributed by atoms with Crippen molar-refractivity contribution >= 4 is 0 Å². The summed E-state index contributed by atoms with van der Waals surface area (Å²) >= 11 is 0. The number of hydrogen-bond acceptors (Lipinski definition) is 3. The Balaban J connectivity index is 2.04. The molecule has 0 bridgehead atoms. The predicted octanol–water partition coefficient (Wildman–Crippen LogP) is 3.82. The van der Waals surface area contributed by atoms with Crippen LogP contribution in [0.2, 0.25) is 0 Å². The largest absolute Gasteiger partial charge is 0.464 e. The smallest absolute Gasteiger partial charge is 0.134 e. The third-order valence-electron chi connectivity index (χ3n) is 3.99. The minimum Gasteiger partial charge on any atom is -0.464 e. The molecule has 2 N–H and O–H groups in total. The highest BCUT2D eigenvalue weighted by atomic mass is 16.5. The van der Waals surface area contributed by atoms with Crippen LogP contribution >= 0.6 is 0 Å². The van der Waals surface area contributed by atoms with Gasteiger partial charge in [-0.1, -0.05) is 13.8 Å². The van der Waals surface area contributed by atoms with Crippen LogP contribution in [0.4, 0.5) is 0 Å². The summed E-state index contributed by atoms with van der Waals surface area (Å²) in [6.45, 7) is 8.55. The minimum absolute atomic E-state index is 0.0573. The summed E-state index contributed by atoms with van der Waals surface area (Å²) in [7, 11) is 0. The molecule has 19 heavy (non-hydrogen) atoms. The lowest BCUT2D eigenvalue weighted by Crippen LogP contribution is -2.33. The van der Waals surface area contributed by atoms with Crippen molar-refractivity contribution in [1.29, 1.82) is 0 Å². The molecule has 3 nitrogen and oxygen atoms in total. The molecule has 0 radical (unpaired) electrons. The van der Waals surface area contributed by atoms with Gasteiger partial charge in [-0.15, -0.1) is 0 Å². The van der Waals surface area contributed by atoms with Gasteiger partial charge in [-0.2, -0.15) is 0 Å². The second-order valence-corrected chi connectivity index (χ2v) is 6.40. The summed E-state index contributed by atoms with van der Waals surface area (Å²) in [4.78, 5) is 0. The Hall–Kier alpha value is -0.800. The monoisotopic (exact) mass is 265 g/mol. The van der Waals surface area contributed by atoms with E-state index in [1.807, 2.05) is 26.0 Å². The quantitative estimate of drug-likeness (QED) is 0.900. The van der Waals surface area contributed by atoms with Crippen molar-refractivity contribution in [3.8, 4) is 0 Å². The number of furan rings is 1. The molecule has 4 atom stereocenters. The van der Waals surface area contributed by atoms with Crippen molar-refractivity contribution < 1.29 is 9.15 Å². The van der Waals surface area contributed by atoms with E-state index in [2.05, 4.69) is 13.8 Å². The fraction of sp³-hybridized carbons (Fsp3) is 0.750. The number of rotatable bonds is 4. The molecule has 1 heterocycles. The zero-order valence-electron chi connectivity index (χ0n) is 12.6. The zero-order chi connectivity index (χ0) is 14.0. The highest BCUT2D eigenvalue weighted by molar-refractivity contribution is 5.10. The number of aryl methyl sites for hydroxylation is 1. The predicted molar refractivity (Wildman–Crippen MR) is 76.9 cm³/mol. The van der Waals surface area contributed by atoms with E-state index in [-0.39, 0.29) is 12.1 Å². The molecule has 0 amide bonds. The molecule has 108 valence electrons. The lowest BCUT2D eigenvalue weighted by Gasteiger charge is -2.34. The molecule has 4 unspecified atom stereocenters. The van der Waals surface area contributed by atoms with Gasteiger partial charge in [0.2, 0.25) is 0 Å². The Morgan fingerprint density at radius 1 is 1.21 bits per heavy atom. The summed E-state index contributed by atoms with van der Waals surface area (Å²) in [6.07, 6.45) is 3.75. The molecule has 1 aliphatic rings. The van der Waals surface area contributed by atoms with Gasteiger partial charge in [0.1, 0.15) is 17.6 Å². The Labute approximate surface area is 116 Å². The van der Waals surface area contributed by atoms with Crippen LogP contribution in [-0.2, 0) is 4.74 Å². The van der Waals surface area contributed by atoms with Crippen molar-refractivity contribution in [3.05, 3.63) is 23.7 Å². The van der Waals surface area contributed by atoms with Crippen LogP contribution in [0.3, 0.4) is 0 Å². The van der Waals surface area contributed by atoms with Crippen LogP contribution < -0.4 is 5.73 Å². The maximum Gasteiger partial charge on any atom is 0.134 e. The average molecular weight is 265 g/mol. The zero-order valence-corrected chi connectivity index (χ0v) is 12.6. The first kappa shape index (κ1) is 14.6. The van der Waals surface area contributed by atoms with Crippen molar-refractivity contribution in [3.63, 3.8) is 0 Å². The van der Waals surface area contributed by atoms with Crippen LogP contribution in [0.1, 0.15) is 57.7 Å². The molecule has 0 aromatic carbocycles. The molecule has 0 spiro atoms. The molecule has 0 aliphatic heterocycles. The molecular formula is C16H27NO2. The van der Waals surface area contributed by atoms with Gasteiger partial charge >= 0.3 is 0 Å². The van der Waals surface area contributed by atoms with Gasteiger partial charge < -0.3 is 14.9 Å². The van der Waals surface area contributed by atoms with Crippen molar-refractivity contribution in [2.24, 2.45) is 17.6 Å². The van der Waals surface area contributed by atoms with Crippen LogP contribution in [0.5, 0.6) is 0 Å². The summed E-state index contributed by atoms with van der Waals surface area (Å²) in [5.74, 6) is 3.25. The minimum atomic E-state index is -0.129. The van der Waals surface area contributed by atoms with Crippen LogP contribution in [-0.4, -0.2) is 12.1 Å². The van der Waals surface area contributed by atoms with Crippen molar-refractivity contribution in [2.45, 2.75) is 65.2 Å². The van der Waals surface area contributed by atoms with Gasteiger partial charge in [0.25, 0.3) is 0 Å². The summed E-state index contributed by atoms with van der Waals surface area (Å²) in [5, 5.41) is 0. The Bertz CT molecular complexity index is 389. The molecule has 0 saturated heterocycles. The van der Waals surface area contributed by atoms with Gasteiger partial charge in [0.15, 0.2) is 0 Å². The second kappa shape index (κ2) is 6.10. The van der Waals surface area contributed by atoms with Gasteiger partial charge in [0, 0.05) is 6.04 Å². The van der Waals surface area contributed by atoms with Gasteiger partial charge in [0.05, 0.1) is 6.10 Å². The Morgan fingerprint density at radius 2 is 1.84 bits per heavy atom. The van der Waals surface area contributed by atoms with Crippen LogP contribution in [0.25, 0.3) is 0 Å². The fourth-order valence-electron chi connectivity index (χ4n) is 3.25. The second-order valence-electron chi connectivity index (χ2n) is 6.40. The average Bonchev–Trinajstić information content (AvgIpc) is 2.70. The number of hydrogen-bond donors (Lipinski definition) is 1. The Morgan fingerprint density at radius 3 is 2.32 bits per heavy atom. The lowest BCUT2D eigenvalue weighted by atomic mass is 9.81. The maximum atomic E-state index is 6.27. The molecule has 2 rings (SSSR count). The maximum absolute atomic E-state index is 6.27. The van der Waals surface area contributed by atoms with Crippen molar-refractivity contribution in [1.82, 2.24) is 0 Å². The van der Waals surface area contributed by atoms with E-state index in [1.165, 1.54) is 6.42 Å². The van der Waals surface area contributed by atoms with E-state index in [4.69, 9.17) is 14.9 Å². The van der Waals surface area contributed by atoms with Crippen LogP contribution in [0, 0.1) is 18.8 Å². The molecule has 1 aromatic heterocycles. The van der Waals surface area contributed by atoms with E-state index in [0.29, 0.717) is 6.10 Å². The van der Waals surface area contributed by atoms with Gasteiger partial charge in [-0.3, -0.25) is 0 Å². The number of nitrogens with two attached hydrogens (primary N) is 1. The molecule has 3 heteroatoms. The topological polar surface area (TPSA) is 48.4 Å². The molecular weight excluding hydrogens is 238 g/mol. The fourth-order valence-corrected chi connectivity index (χ4v) is 3.25. The SMILES string of the molecule is Cc1ccc(C(OC2CC(C)CC(C)C2)C(C)N)o1. The number of ether oxygens (including phenoxy) is 1. The van der Waals surface area contributed by atoms with Crippen LogP contribution in [0.15, 0.2) is 16.5 Å². The van der Waals surface area contributed by atoms with E-state index >= 15 is 0 Å². The standard InChI is InChI=1S/C16H27NO2/c1-10-7-11(2)9-14(8-10)19-16(13(4)17)15-6-5-12(3)18-15/h5-6,10-11,13-14,16H,7-9,17H2,1-4H3. The third-order valence-corrected chi connectivity index (χ3v) is 3.99. The first-order valence-corrected chi connectivity index (χ1v) is 7.43. The first-order valence-electron chi connectivity index (χ1n) is 7.43. The van der Waals surface area contributed by atoms with Crippen molar-refractivity contribution in [2.75, 3.05) is 0 Å². The molecule has 1 saturated carbocycles. The van der Waals surface area contributed by atoms with E-state index in [1.54, 1.807) is 0 Å². The summed E-state index contributed by atoms with van der Waals surface area (Å²) in [5.41, 5.74) is 6.08. The van der Waals surface area contributed by atoms with E-state index in [9.17, 15) is 0 Å². The molecule has 1 fully saturated rings. The highest BCUT2D eigenvalue weighted by Gasteiger charge is 2.29. The van der Waals surface area contributed by atoms with Gasteiger partial charge in [-0.25, -0.2) is 0 Å². The van der Waals surface area contributed by atoms with Gasteiger partial charge in [-0.05, 0) is 57.1 Å². The molecule has 1 aromatic rings.